The van der Waals surface area contributed by atoms with E-state index in [1.807, 2.05) is 23.6 Å². The van der Waals surface area contributed by atoms with Gasteiger partial charge in [-0.05, 0) is 30.3 Å². The maximum atomic E-state index is 12.1. The Morgan fingerprint density at radius 3 is 2.79 bits per heavy atom. The molecule has 6 nitrogen and oxygen atoms in total. The van der Waals surface area contributed by atoms with Crippen LogP contribution in [0.2, 0.25) is 0 Å². The number of thiazole rings is 1. The lowest BCUT2D eigenvalue weighted by Gasteiger charge is -2.05. The SMILES string of the molecule is O=C(Cc1csc(-c2ccccn2)n1)Nc1cccc(C(=O)O)c1. The number of hydrogen-bond acceptors (Lipinski definition) is 5. The number of carboxylic acids is 1. The van der Waals surface area contributed by atoms with Crippen LogP contribution in [0.1, 0.15) is 16.1 Å². The van der Waals surface area contributed by atoms with Crippen LogP contribution in [-0.4, -0.2) is 27.0 Å². The van der Waals surface area contributed by atoms with Gasteiger partial charge in [0, 0.05) is 17.3 Å². The average Bonchev–Trinajstić information content (AvgIpc) is 3.04. The minimum Gasteiger partial charge on any atom is -0.478 e. The lowest BCUT2D eigenvalue weighted by molar-refractivity contribution is -0.115. The zero-order chi connectivity index (χ0) is 16.9. The minimum atomic E-state index is -1.04. The Labute approximate surface area is 141 Å². The van der Waals surface area contributed by atoms with Gasteiger partial charge in [-0.2, -0.15) is 0 Å². The molecule has 1 amide bonds. The van der Waals surface area contributed by atoms with Crippen molar-refractivity contribution in [1.29, 1.82) is 0 Å². The van der Waals surface area contributed by atoms with Gasteiger partial charge in [0.1, 0.15) is 5.01 Å². The van der Waals surface area contributed by atoms with Crippen LogP contribution in [0.25, 0.3) is 10.7 Å². The first kappa shape index (κ1) is 15.8. The highest BCUT2D eigenvalue weighted by Crippen LogP contribution is 2.21. The second kappa shape index (κ2) is 7.01. The van der Waals surface area contributed by atoms with Crippen LogP contribution >= 0.6 is 11.3 Å². The second-order valence-electron chi connectivity index (χ2n) is 4.97. The fraction of sp³-hybridized carbons (Fsp3) is 0.0588. The zero-order valence-corrected chi connectivity index (χ0v) is 13.3. The summed E-state index contributed by atoms with van der Waals surface area (Å²) in [4.78, 5) is 31.7. The molecule has 2 heterocycles. The molecule has 0 radical (unpaired) electrons. The smallest absolute Gasteiger partial charge is 0.335 e. The Kier molecular flexibility index (Phi) is 4.62. The fourth-order valence-corrected chi connectivity index (χ4v) is 2.89. The number of amides is 1. The number of benzene rings is 1. The fourth-order valence-electron chi connectivity index (χ4n) is 2.09. The standard InChI is InChI=1S/C17H13N3O3S/c21-15(19-12-5-3-4-11(8-12)17(22)23)9-13-10-24-16(20-13)14-6-1-2-7-18-14/h1-8,10H,9H2,(H,19,21)(H,22,23). The molecule has 7 heteroatoms. The molecular weight excluding hydrogens is 326 g/mol. The van der Waals surface area contributed by atoms with Crippen LogP contribution in [-0.2, 0) is 11.2 Å². The molecule has 120 valence electrons. The van der Waals surface area contributed by atoms with Crippen molar-refractivity contribution >= 4 is 28.9 Å². The maximum Gasteiger partial charge on any atom is 0.335 e. The van der Waals surface area contributed by atoms with Gasteiger partial charge in [-0.3, -0.25) is 9.78 Å². The van der Waals surface area contributed by atoms with Gasteiger partial charge in [0.25, 0.3) is 0 Å². The maximum absolute atomic E-state index is 12.1. The first-order valence-electron chi connectivity index (χ1n) is 7.11. The summed E-state index contributed by atoms with van der Waals surface area (Å²) < 4.78 is 0. The molecule has 2 N–H and O–H groups in total. The predicted molar refractivity (Wildman–Crippen MR) is 91.1 cm³/mol. The lowest BCUT2D eigenvalue weighted by Crippen LogP contribution is -2.15. The number of aromatic nitrogens is 2. The highest BCUT2D eigenvalue weighted by atomic mass is 32.1. The molecule has 0 fully saturated rings. The lowest BCUT2D eigenvalue weighted by atomic mass is 10.2. The molecule has 0 aliphatic heterocycles. The number of anilines is 1. The summed E-state index contributed by atoms with van der Waals surface area (Å²) in [5.74, 6) is -1.29. The number of carbonyl (C=O) groups is 2. The molecule has 0 atom stereocenters. The summed E-state index contributed by atoms with van der Waals surface area (Å²) in [6.07, 6.45) is 1.80. The van der Waals surface area contributed by atoms with Gasteiger partial charge in [-0.1, -0.05) is 12.1 Å². The molecule has 0 saturated carbocycles. The number of pyridine rings is 1. The molecule has 0 bridgehead atoms. The molecule has 3 aromatic rings. The van der Waals surface area contributed by atoms with Gasteiger partial charge < -0.3 is 10.4 Å². The first-order chi connectivity index (χ1) is 11.6. The molecule has 0 spiro atoms. The van der Waals surface area contributed by atoms with Gasteiger partial charge in [-0.15, -0.1) is 11.3 Å². The van der Waals surface area contributed by atoms with Crippen molar-refractivity contribution in [3.05, 3.63) is 65.3 Å². The minimum absolute atomic E-state index is 0.112. The summed E-state index contributed by atoms with van der Waals surface area (Å²) in [6, 6.07) is 11.7. The van der Waals surface area contributed by atoms with E-state index < -0.39 is 5.97 Å². The Hall–Kier alpha value is -3.06. The third-order valence-corrected chi connectivity index (χ3v) is 4.08. The van der Waals surface area contributed by atoms with E-state index in [9.17, 15) is 9.59 Å². The van der Waals surface area contributed by atoms with E-state index in [1.54, 1.807) is 18.3 Å². The van der Waals surface area contributed by atoms with Crippen LogP contribution in [0.5, 0.6) is 0 Å². The van der Waals surface area contributed by atoms with Crippen LogP contribution in [0.3, 0.4) is 0 Å². The van der Waals surface area contributed by atoms with Crippen molar-refractivity contribution in [2.75, 3.05) is 5.32 Å². The molecular formula is C17H13N3O3S. The van der Waals surface area contributed by atoms with Crippen molar-refractivity contribution in [1.82, 2.24) is 9.97 Å². The monoisotopic (exact) mass is 339 g/mol. The second-order valence-corrected chi connectivity index (χ2v) is 5.83. The molecule has 24 heavy (non-hydrogen) atoms. The molecule has 0 aliphatic rings. The van der Waals surface area contributed by atoms with Gasteiger partial charge in [-0.25, -0.2) is 9.78 Å². The van der Waals surface area contributed by atoms with Crippen LogP contribution in [0, 0.1) is 0 Å². The number of nitrogens with zero attached hydrogens (tertiary/aromatic N) is 2. The van der Waals surface area contributed by atoms with Crippen LogP contribution in [0.15, 0.2) is 54.0 Å². The summed E-state index contributed by atoms with van der Waals surface area (Å²) in [5, 5.41) is 14.2. The topological polar surface area (TPSA) is 92.2 Å². The van der Waals surface area contributed by atoms with Crippen molar-refractivity contribution in [2.24, 2.45) is 0 Å². The van der Waals surface area contributed by atoms with Crippen molar-refractivity contribution in [3.63, 3.8) is 0 Å². The normalized spacial score (nSPS) is 10.3. The number of rotatable bonds is 5. The first-order valence-corrected chi connectivity index (χ1v) is 7.99. The highest BCUT2D eigenvalue weighted by molar-refractivity contribution is 7.13. The van der Waals surface area contributed by atoms with E-state index in [4.69, 9.17) is 5.11 Å². The van der Waals surface area contributed by atoms with Crippen LogP contribution < -0.4 is 5.32 Å². The molecule has 0 aliphatic carbocycles. The van der Waals surface area contributed by atoms with E-state index in [0.29, 0.717) is 11.4 Å². The number of hydrogen-bond donors (Lipinski definition) is 2. The van der Waals surface area contributed by atoms with Crippen LogP contribution in [0.4, 0.5) is 5.69 Å². The van der Waals surface area contributed by atoms with E-state index in [1.165, 1.54) is 23.5 Å². The Balaban J connectivity index is 1.66. The quantitative estimate of drug-likeness (QED) is 0.745. The largest absolute Gasteiger partial charge is 0.478 e. The van der Waals surface area contributed by atoms with E-state index >= 15 is 0 Å². The summed E-state index contributed by atoms with van der Waals surface area (Å²) in [7, 11) is 0. The summed E-state index contributed by atoms with van der Waals surface area (Å²) >= 11 is 1.43. The zero-order valence-electron chi connectivity index (χ0n) is 12.5. The summed E-state index contributed by atoms with van der Waals surface area (Å²) in [5.41, 5.74) is 1.98. The molecule has 0 saturated heterocycles. The molecule has 3 rings (SSSR count). The van der Waals surface area contributed by atoms with E-state index in [0.717, 1.165) is 10.7 Å². The number of carbonyl (C=O) groups excluding carboxylic acids is 1. The third-order valence-electron chi connectivity index (χ3n) is 3.17. The van der Waals surface area contributed by atoms with Gasteiger partial charge in [0.2, 0.25) is 5.91 Å². The number of carboxylic acid groups (broad SMARTS) is 1. The Morgan fingerprint density at radius 1 is 1.17 bits per heavy atom. The number of aromatic carboxylic acids is 1. The highest BCUT2D eigenvalue weighted by Gasteiger charge is 2.11. The van der Waals surface area contributed by atoms with E-state index in [2.05, 4.69) is 15.3 Å². The molecule has 0 unspecified atom stereocenters. The molecule has 1 aromatic carbocycles. The van der Waals surface area contributed by atoms with Crippen molar-refractivity contribution < 1.29 is 14.7 Å². The summed E-state index contributed by atoms with van der Waals surface area (Å²) in [6.45, 7) is 0. The Bertz CT molecular complexity index is 878. The Morgan fingerprint density at radius 2 is 2.04 bits per heavy atom. The van der Waals surface area contributed by atoms with Crippen molar-refractivity contribution in [2.45, 2.75) is 6.42 Å². The van der Waals surface area contributed by atoms with Gasteiger partial charge in [0.15, 0.2) is 0 Å². The van der Waals surface area contributed by atoms with Gasteiger partial charge in [0.05, 0.1) is 23.4 Å². The number of nitrogens with one attached hydrogen (secondary N) is 1. The van der Waals surface area contributed by atoms with Crippen molar-refractivity contribution in [3.8, 4) is 10.7 Å². The molecule has 2 aromatic heterocycles. The van der Waals surface area contributed by atoms with E-state index in [-0.39, 0.29) is 17.9 Å². The van der Waals surface area contributed by atoms with Gasteiger partial charge >= 0.3 is 5.97 Å². The average molecular weight is 339 g/mol. The predicted octanol–water partition coefficient (Wildman–Crippen LogP) is 3.08. The third kappa shape index (κ3) is 3.82.